The molecule has 0 radical (unpaired) electrons. The van der Waals surface area contributed by atoms with Gasteiger partial charge in [0.15, 0.2) is 0 Å². The van der Waals surface area contributed by atoms with Gasteiger partial charge in [0.2, 0.25) is 0 Å². The standard InChI is InChI=1S/C11H21FN2O2/c1-10(2,3)16-9(15)14-11(4)7-13-6-8(11)5-12/h8,13H,5-7H2,1-4H3,(H,14,15)/t8-,11+/m1/s1. The van der Waals surface area contributed by atoms with Crippen molar-refractivity contribution >= 4 is 6.09 Å². The second-order valence-electron chi connectivity index (χ2n) is 5.53. The van der Waals surface area contributed by atoms with Gasteiger partial charge in [0, 0.05) is 19.0 Å². The van der Waals surface area contributed by atoms with E-state index in [1.165, 1.54) is 0 Å². The van der Waals surface area contributed by atoms with Gasteiger partial charge >= 0.3 is 6.09 Å². The summed E-state index contributed by atoms with van der Waals surface area (Å²) in [4.78, 5) is 11.6. The molecule has 2 atom stereocenters. The van der Waals surface area contributed by atoms with Crippen LogP contribution in [0.15, 0.2) is 0 Å². The molecule has 1 rings (SSSR count). The van der Waals surface area contributed by atoms with Crippen LogP contribution in [0.25, 0.3) is 0 Å². The van der Waals surface area contributed by atoms with Gasteiger partial charge in [-0.1, -0.05) is 0 Å². The first-order valence-corrected chi connectivity index (χ1v) is 5.55. The Hall–Kier alpha value is -0.840. The van der Waals surface area contributed by atoms with Gasteiger partial charge in [0.05, 0.1) is 12.2 Å². The fourth-order valence-corrected chi connectivity index (χ4v) is 1.78. The molecule has 0 unspecified atom stereocenters. The minimum absolute atomic E-state index is 0.194. The number of ether oxygens (including phenoxy) is 1. The van der Waals surface area contributed by atoms with E-state index in [1.54, 1.807) is 20.8 Å². The zero-order valence-electron chi connectivity index (χ0n) is 10.4. The van der Waals surface area contributed by atoms with Crippen LogP contribution in [0, 0.1) is 5.92 Å². The first-order valence-electron chi connectivity index (χ1n) is 5.55. The van der Waals surface area contributed by atoms with E-state index < -0.39 is 23.9 Å². The first kappa shape index (κ1) is 13.2. The number of alkyl halides is 1. The van der Waals surface area contributed by atoms with Crippen LogP contribution >= 0.6 is 0 Å². The van der Waals surface area contributed by atoms with E-state index in [0.29, 0.717) is 13.1 Å². The van der Waals surface area contributed by atoms with Crippen molar-refractivity contribution < 1.29 is 13.9 Å². The Morgan fingerprint density at radius 1 is 1.62 bits per heavy atom. The van der Waals surface area contributed by atoms with Gasteiger partial charge in [-0.25, -0.2) is 4.79 Å². The van der Waals surface area contributed by atoms with Crippen molar-refractivity contribution in [2.45, 2.75) is 38.8 Å². The molecule has 1 aliphatic heterocycles. The van der Waals surface area contributed by atoms with Crippen molar-refractivity contribution in [3.05, 3.63) is 0 Å². The van der Waals surface area contributed by atoms with Crippen molar-refractivity contribution in [3.63, 3.8) is 0 Å². The van der Waals surface area contributed by atoms with E-state index in [-0.39, 0.29) is 5.92 Å². The third-order valence-corrected chi connectivity index (χ3v) is 2.76. The lowest BCUT2D eigenvalue weighted by molar-refractivity contribution is 0.0442. The quantitative estimate of drug-likeness (QED) is 0.758. The van der Waals surface area contributed by atoms with Crippen molar-refractivity contribution in [1.29, 1.82) is 0 Å². The zero-order valence-corrected chi connectivity index (χ0v) is 10.4. The van der Waals surface area contributed by atoms with Gasteiger partial charge in [0.25, 0.3) is 0 Å². The van der Waals surface area contributed by atoms with Gasteiger partial charge in [-0.2, -0.15) is 0 Å². The molecule has 0 aromatic heterocycles. The van der Waals surface area contributed by atoms with Crippen molar-refractivity contribution in [2.24, 2.45) is 5.92 Å². The number of hydrogen-bond donors (Lipinski definition) is 2. The molecule has 4 nitrogen and oxygen atoms in total. The van der Waals surface area contributed by atoms with Crippen LogP contribution in [-0.2, 0) is 4.74 Å². The van der Waals surface area contributed by atoms with E-state index in [4.69, 9.17) is 4.74 Å². The Kier molecular flexibility index (Phi) is 3.78. The average molecular weight is 232 g/mol. The predicted octanol–water partition coefficient (Wildman–Crippen LogP) is 1.46. The van der Waals surface area contributed by atoms with Crippen LogP contribution in [0.4, 0.5) is 9.18 Å². The summed E-state index contributed by atoms with van der Waals surface area (Å²) in [5, 5.41) is 5.82. The fraction of sp³-hybridized carbons (Fsp3) is 0.909. The fourth-order valence-electron chi connectivity index (χ4n) is 1.78. The van der Waals surface area contributed by atoms with Gasteiger partial charge in [-0.05, 0) is 27.7 Å². The second kappa shape index (κ2) is 4.57. The predicted molar refractivity (Wildman–Crippen MR) is 60.1 cm³/mol. The summed E-state index contributed by atoms with van der Waals surface area (Å²) in [6.07, 6.45) is -0.489. The highest BCUT2D eigenvalue weighted by molar-refractivity contribution is 5.69. The normalized spacial score (nSPS) is 30.2. The monoisotopic (exact) mass is 232 g/mol. The van der Waals surface area contributed by atoms with Gasteiger partial charge in [-0.3, -0.25) is 4.39 Å². The maximum atomic E-state index is 12.7. The minimum atomic E-state index is -0.558. The summed E-state index contributed by atoms with van der Waals surface area (Å²) in [6.45, 7) is 7.95. The maximum Gasteiger partial charge on any atom is 0.408 e. The molecule has 16 heavy (non-hydrogen) atoms. The van der Waals surface area contributed by atoms with E-state index in [0.717, 1.165) is 0 Å². The van der Waals surface area contributed by atoms with Gasteiger partial charge in [-0.15, -0.1) is 0 Å². The molecule has 0 aliphatic carbocycles. The molecule has 1 fully saturated rings. The summed E-state index contributed by atoms with van der Waals surface area (Å²) in [5.74, 6) is -0.194. The lowest BCUT2D eigenvalue weighted by Crippen LogP contribution is -2.53. The second-order valence-corrected chi connectivity index (χ2v) is 5.53. The van der Waals surface area contributed by atoms with Crippen LogP contribution in [0.1, 0.15) is 27.7 Å². The van der Waals surface area contributed by atoms with Crippen molar-refractivity contribution in [3.8, 4) is 0 Å². The molecule has 0 bridgehead atoms. The molecule has 0 spiro atoms. The summed E-state index contributed by atoms with van der Waals surface area (Å²) in [7, 11) is 0. The van der Waals surface area contributed by atoms with Crippen LogP contribution < -0.4 is 10.6 Å². The first-order chi connectivity index (χ1) is 7.27. The van der Waals surface area contributed by atoms with Crippen molar-refractivity contribution in [1.82, 2.24) is 10.6 Å². The number of alkyl carbamates (subject to hydrolysis) is 1. The molecule has 1 aliphatic rings. The molecule has 2 N–H and O–H groups in total. The molecule has 0 aromatic carbocycles. The van der Waals surface area contributed by atoms with Gasteiger partial charge < -0.3 is 15.4 Å². The SMILES string of the molecule is CC(C)(C)OC(=O)N[C@@]1(C)CNC[C@H]1CF. The van der Waals surface area contributed by atoms with E-state index in [9.17, 15) is 9.18 Å². The zero-order chi connectivity index (χ0) is 12.4. The molecular formula is C11H21FN2O2. The van der Waals surface area contributed by atoms with Gasteiger partial charge in [0.1, 0.15) is 5.60 Å². The van der Waals surface area contributed by atoms with E-state index in [2.05, 4.69) is 10.6 Å². The molecule has 1 heterocycles. The molecule has 0 saturated carbocycles. The van der Waals surface area contributed by atoms with Crippen LogP contribution in [-0.4, -0.2) is 37.0 Å². The lowest BCUT2D eigenvalue weighted by Gasteiger charge is -2.31. The molecule has 5 heteroatoms. The van der Waals surface area contributed by atoms with Crippen LogP contribution in [0.2, 0.25) is 0 Å². The van der Waals surface area contributed by atoms with Crippen LogP contribution in [0.5, 0.6) is 0 Å². The Balaban J connectivity index is 2.55. The third-order valence-electron chi connectivity index (χ3n) is 2.76. The summed E-state index contributed by atoms with van der Waals surface area (Å²) < 4.78 is 17.9. The molecular weight excluding hydrogens is 211 g/mol. The Bertz CT molecular complexity index is 265. The Labute approximate surface area is 95.9 Å². The molecule has 1 saturated heterocycles. The Morgan fingerprint density at radius 3 is 2.75 bits per heavy atom. The highest BCUT2D eigenvalue weighted by Crippen LogP contribution is 2.22. The maximum absolute atomic E-state index is 12.7. The molecule has 1 amide bonds. The van der Waals surface area contributed by atoms with E-state index in [1.807, 2.05) is 6.92 Å². The number of nitrogens with one attached hydrogen (secondary N) is 2. The molecule has 0 aromatic rings. The molecule has 94 valence electrons. The summed E-state index contributed by atoms with van der Waals surface area (Å²) >= 11 is 0. The third kappa shape index (κ3) is 3.33. The van der Waals surface area contributed by atoms with Crippen LogP contribution in [0.3, 0.4) is 0 Å². The average Bonchev–Trinajstić information content (AvgIpc) is 2.42. The topological polar surface area (TPSA) is 50.4 Å². The number of hydrogen-bond acceptors (Lipinski definition) is 3. The highest BCUT2D eigenvalue weighted by atomic mass is 19.1. The lowest BCUT2D eigenvalue weighted by atomic mass is 9.90. The largest absolute Gasteiger partial charge is 0.444 e. The van der Waals surface area contributed by atoms with E-state index >= 15 is 0 Å². The Morgan fingerprint density at radius 2 is 2.25 bits per heavy atom. The number of rotatable bonds is 2. The number of halogens is 1. The number of amides is 1. The summed E-state index contributed by atoms with van der Waals surface area (Å²) in [5.41, 5.74) is -1.09. The smallest absolute Gasteiger partial charge is 0.408 e. The van der Waals surface area contributed by atoms with Crippen molar-refractivity contribution in [2.75, 3.05) is 19.8 Å². The highest BCUT2D eigenvalue weighted by Gasteiger charge is 2.40. The number of carbonyl (C=O) groups excluding carboxylic acids is 1. The minimum Gasteiger partial charge on any atom is -0.444 e. The number of carbonyl (C=O) groups is 1. The summed E-state index contributed by atoms with van der Waals surface area (Å²) in [6, 6.07) is 0.